The summed E-state index contributed by atoms with van der Waals surface area (Å²) in [5, 5.41) is 1.19. The van der Waals surface area contributed by atoms with Gasteiger partial charge in [0.1, 0.15) is 5.76 Å². The Balaban J connectivity index is 1.40. The fraction of sp³-hybridized carbons (Fsp3) is 0.318. The van der Waals surface area contributed by atoms with Crippen molar-refractivity contribution in [1.82, 2.24) is 4.73 Å². The Morgan fingerprint density at radius 2 is 2.00 bits per heavy atom. The van der Waals surface area contributed by atoms with E-state index < -0.39 is 0 Å². The highest BCUT2D eigenvalue weighted by atomic mass is 16.8. The monoisotopic (exact) mass is 374 g/mol. The van der Waals surface area contributed by atoms with Gasteiger partial charge in [-0.05, 0) is 36.5 Å². The molecule has 140 valence electrons. The number of fused-ring (bicyclic) bond motifs is 5. The summed E-state index contributed by atoms with van der Waals surface area (Å²) in [5.74, 6) is 2.82. The number of rotatable bonds is 1. The van der Waals surface area contributed by atoms with Crippen LogP contribution in [0, 0.1) is 0 Å². The average molecular weight is 374 g/mol. The minimum absolute atomic E-state index is 0.210. The maximum absolute atomic E-state index is 5.90. The first-order chi connectivity index (χ1) is 13.9. The van der Waals surface area contributed by atoms with Gasteiger partial charge in [0.2, 0.25) is 12.7 Å². The molecule has 0 amide bonds. The highest BCUT2D eigenvalue weighted by molar-refractivity contribution is 6.11. The van der Waals surface area contributed by atoms with Crippen LogP contribution in [-0.4, -0.2) is 24.0 Å². The molecule has 1 unspecified atom stereocenters. The summed E-state index contributed by atoms with van der Waals surface area (Å²) in [7, 11) is 0. The molecule has 5 aliphatic rings. The van der Waals surface area contributed by atoms with Crippen molar-refractivity contribution in [2.45, 2.75) is 31.6 Å². The van der Waals surface area contributed by atoms with Crippen molar-refractivity contribution in [1.29, 1.82) is 0 Å². The van der Waals surface area contributed by atoms with Gasteiger partial charge in [0, 0.05) is 29.4 Å². The molecule has 1 fully saturated rings. The third kappa shape index (κ3) is 1.80. The van der Waals surface area contributed by atoms with E-state index in [9.17, 15) is 0 Å². The van der Waals surface area contributed by atoms with E-state index in [1.54, 1.807) is 0 Å². The molecule has 2 aliphatic carbocycles. The van der Waals surface area contributed by atoms with Gasteiger partial charge >= 0.3 is 0 Å². The van der Waals surface area contributed by atoms with E-state index >= 15 is 0 Å². The lowest BCUT2D eigenvalue weighted by Crippen LogP contribution is -2.19. The number of aliphatic imine (C=N–C) groups is 1. The second kappa shape index (κ2) is 5.22. The first kappa shape index (κ1) is 14.9. The molecule has 0 spiro atoms. The van der Waals surface area contributed by atoms with Gasteiger partial charge in [-0.2, -0.15) is 0 Å². The number of ether oxygens (including phenoxy) is 3. The maximum Gasteiger partial charge on any atom is 0.255 e. The largest absolute Gasteiger partial charge is 0.458 e. The van der Waals surface area contributed by atoms with Gasteiger partial charge in [0.25, 0.3) is 6.79 Å². The zero-order valence-electron chi connectivity index (χ0n) is 15.2. The minimum Gasteiger partial charge on any atom is -0.458 e. The van der Waals surface area contributed by atoms with E-state index in [1.807, 2.05) is 16.9 Å². The van der Waals surface area contributed by atoms with E-state index in [0.29, 0.717) is 6.79 Å². The zero-order chi connectivity index (χ0) is 18.2. The molecule has 0 saturated heterocycles. The highest BCUT2D eigenvalue weighted by Crippen LogP contribution is 2.49. The first-order valence-electron chi connectivity index (χ1n) is 9.80. The van der Waals surface area contributed by atoms with Crippen molar-refractivity contribution in [2.75, 3.05) is 13.6 Å². The topological polar surface area (TPSA) is 54.2 Å². The Bertz CT molecular complexity index is 1180. The van der Waals surface area contributed by atoms with Gasteiger partial charge in [-0.25, -0.2) is 0 Å². The molecule has 0 bridgehead atoms. The number of allylic oxidation sites excluding steroid dienone is 4. The van der Waals surface area contributed by atoms with Crippen LogP contribution in [0.1, 0.15) is 37.2 Å². The second-order valence-corrected chi connectivity index (χ2v) is 7.72. The van der Waals surface area contributed by atoms with E-state index in [4.69, 9.17) is 24.0 Å². The molecule has 0 N–H and O–H groups in total. The number of nitrogens with zero attached hydrogens (tertiary/aromatic N) is 2. The lowest BCUT2D eigenvalue weighted by atomic mass is 9.78. The van der Waals surface area contributed by atoms with Crippen LogP contribution in [0.3, 0.4) is 0 Å². The van der Waals surface area contributed by atoms with Crippen LogP contribution in [0.5, 0.6) is 5.88 Å². The summed E-state index contributed by atoms with van der Waals surface area (Å²) in [6.07, 6.45) is 6.09. The predicted molar refractivity (Wildman–Crippen MR) is 102 cm³/mol. The molecule has 2 aromatic rings. The minimum atomic E-state index is 0.210. The van der Waals surface area contributed by atoms with E-state index in [1.165, 1.54) is 27.8 Å². The van der Waals surface area contributed by atoms with Crippen LogP contribution in [0.4, 0.5) is 0 Å². The summed E-state index contributed by atoms with van der Waals surface area (Å²) in [4.78, 5) is 10.8. The van der Waals surface area contributed by atoms with Gasteiger partial charge in [0.05, 0.1) is 16.9 Å². The molecule has 3 aliphatic heterocycles. The molecule has 6 heteroatoms. The summed E-state index contributed by atoms with van der Waals surface area (Å²) in [5.41, 5.74) is 7.18. The number of para-hydroxylation sites is 1. The molecule has 4 heterocycles. The van der Waals surface area contributed by atoms with E-state index in [-0.39, 0.29) is 12.7 Å². The fourth-order valence-electron chi connectivity index (χ4n) is 5.17. The first-order valence-corrected chi connectivity index (χ1v) is 9.80. The molecule has 1 aromatic carbocycles. The SMILES string of the molecule is C1=C2N=C3C(=C2CC2=C1OCO2)CCCC3c1c2n(c3ccccc13)OCO2. The number of hydrogen-bond acceptors (Lipinski definition) is 5. The molecule has 7 rings (SSSR count). The van der Waals surface area contributed by atoms with Crippen LogP contribution in [0.2, 0.25) is 0 Å². The van der Waals surface area contributed by atoms with Crippen LogP contribution in [-0.2, 0) is 9.47 Å². The summed E-state index contributed by atoms with van der Waals surface area (Å²) >= 11 is 0. The van der Waals surface area contributed by atoms with Gasteiger partial charge in [-0.15, -0.1) is 4.73 Å². The Morgan fingerprint density at radius 3 is 3.00 bits per heavy atom. The molecular weight excluding hydrogens is 356 g/mol. The summed E-state index contributed by atoms with van der Waals surface area (Å²) < 4.78 is 19.0. The van der Waals surface area contributed by atoms with Gasteiger partial charge < -0.3 is 19.0 Å². The van der Waals surface area contributed by atoms with E-state index in [0.717, 1.165) is 54.3 Å². The lowest BCUT2D eigenvalue weighted by molar-refractivity contribution is 0.0736. The zero-order valence-corrected chi connectivity index (χ0v) is 15.2. The number of aromatic nitrogens is 1. The van der Waals surface area contributed by atoms with Crippen LogP contribution < -0.4 is 9.57 Å². The van der Waals surface area contributed by atoms with Crippen molar-refractivity contribution in [2.24, 2.45) is 4.99 Å². The normalized spacial score (nSPS) is 24.5. The Labute approximate surface area is 161 Å². The summed E-state index contributed by atoms with van der Waals surface area (Å²) in [6, 6.07) is 8.35. The standard InChI is InChI=1S/C22H18N2O4/c1-2-7-17-13(4-1)20(22-24(17)28-11-27-22)14-6-3-5-12-15-8-18-19(26-10-25-18)9-16(15)23-21(12)14/h1-2,4,7,9,14H,3,5-6,8,10-11H2. The van der Waals surface area contributed by atoms with Crippen molar-refractivity contribution >= 4 is 16.6 Å². The van der Waals surface area contributed by atoms with Crippen LogP contribution >= 0.6 is 0 Å². The maximum atomic E-state index is 5.90. The average Bonchev–Trinajstić information content (AvgIpc) is 3.48. The van der Waals surface area contributed by atoms with E-state index in [2.05, 4.69) is 18.2 Å². The highest BCUT2D eigenvalue weighted by Gasteiger charge is 2.40. The number of hydrogen-bond donors (Lipinski definition) is 0. The smallest absolute Gasteiger partial charge is 0.255 e. The predicted octanol–water partition coefficient (Wildman–Crippen LogP) is 3.94. The van der Waals surface area contributed by atoms with Gasteiger partial charge in [-0.1, -0.05) is 18.2 Å². The van der Waals surface area contributed by atoms with Gasteiger partial charge in [0.15, 0.2) is 5.76 Å². The lowest BCUT2D eigenvalue weighted by Gasteiger charge is -2.25. The van der Waals surface area contributed by atoms with Crippen molar-refractivity contribution in [3.63, 3.8) is 0 Å². The summed E-state index contributed by atoms with van der Waals surface area (Å²) in [6.45, 7) is 0.577. The Morgan fingerprint density at radius 1 is 1.04 bits per heavy atom. The Kier molecular flexibility index (Phi) is 2.77. The van der Waals surface area contributed by atoms with Gasteiger partial charge in [-0.3, -0.25) is 4.99 Å². The second-order valence-electron chi connectivity index (χ2n) is 7.72. The molecule has 1 saturated carbocycles. The van der Waals surface area contributed by atoms with Crippen LogP contribution in [0.15, 0.2) is 63.7 Å². The van der Waals surface area contributed by atoms with Crippen molar-refractivity contribution < 1.29 is 19.0 Å². The molecule has 6 nitrogen and oxygen atoms in total. The quantitative estimate of drug-likeness (QED) is 0.759. The fourth-order valence-corrected chi connectivity index (χ4v) is 5.17. The molecule has 1 atom stereocenters. The van der Waals surface area contributed by atoms with Crippen molar-refractivity contribution in [3.8, 4) is 5.88 Å². The molecule has 1 aromatic heterocycles. The Hall–Kier alpha value is -3.15. The van der Waals surface area contributed by atoms with Crippen LogP contribution in [0.25, 0.3) is 10.9 Å². The molecule has 28 heavy (non-hydrogen) atoms. The number of benzene rings is 1. The third-order valence-electron chi connectivity index (χ3n) is 6.35. The molecule has 0 radical (unpaired) electrons. The molecular formula is C22H18N2O4. The van der Waals surface area contributed by atoms with Crippen molar-refractivity contribution in [3.05, 3.63) is 64.3 Å². The third-order valence-corrected chi connectivity index (χ3v) is 6.35.